The number of hydrogen-bond donors (Lipinski definition) is 4. The highest BCUT2D eigenvalue weighted by Crippen LogP contribution is 2.41. The molecule has 1 aliphatic carbocycles. The van der Waals surface area contributed by atoms with Crippen LogP contribution in [0, 0.1) is 30.5 Å². The molecule has 79 heavy (non-hydrogen) atoms. The first-order valence-electron chi connectivity index (χ1n) is 28.5. The van der Waals surface area contributed by atoms with Crippen molar-refractivity contribution in [3.05, 3.63) is 93.5 Å². The number of β-amino-alcohol motifs (C(OH)–C–C–N with tert-alkyl or cyclic N) is 1. The van der Waals surface area contributed by atoms with Crippen LogP contribution in [0.5, 0.6) is 11.8 Å². The fraction of sp³-hybridized carbons (Fsp3) is 0.517. The van der Waals surface area contributed by atoms with Crippen molar-refractivity contribution in [2.45, 2.75) is 122 Å². The number of fused-ring (bicyclic) bond motifs is 4. The molecule has 5 fully saturated rings. The topological polar surface area (TPSA) is 198 Å². The van der Waals surface area contributed by atoms with Crippen LogP contribution in [-0.2, 0) is 16.0 Å². The van der Waals surface area contributed by atoms with Gasteiger partial charge in [0.25, 0.3) is 0 Å². The van der Waals surface area contributed by atoms with E-state index in [1.807, 2.05) is 57.5 Å². The number of hydrogen-bond acceptors (Lipinski definition) is 16. The summed E-state index contributed by atoms with van der Waals surface area (Å²) in [5, 5.41) is 35.1. The van der Waals surface area contributed by atoms with Crippen molar-refractivity contribution >= 4 is 62.0 Å². The Morgan fingerprint density at radius 2 is 1.76 bits per heavy atom. The fourth-order valence-electron chi connectivity index (χ4n) is 13.4. The molecule has 416 valence electrons. The molecule has 0 spiro atoms. The lowest BCUT2D eigenvalue weighted by Gasteiger charge is -2.46. The maximum Gasteiger partial charge on any atom is 0.319 e. The molecular weight excluding hydrogens is 1020 g/mol. The van der Waals surface area contributed by atoms with Gasteiger partial charge in [-0.15, -0.1) is 11.3 Å². The summed E-state index contributed by atoms with van der Waals surface area (Å²) in [5.41, 5.74) is 7.11. The number of nitrogens with one attached hydrogen (secondary N) is 2. The molecule has 2 unspecified atom stereocenters. The molecule has 6 aromatic rings. The molecule has 6 atom stereocenters. The molecule has 5 saturated heterocycles. The molecular formula is C60H72FN11O6S. The fourth-order valence-corrected chi connectivity index (χ4v) is 14.2. The quantitative estimate of drug-likeness (QED) is 0.0723. The molecule has 6 aliphatic rings. The summed E-state index contributed by atoms with van der Waals surface area (Å²) in [5.74, 6) is 1.01. The van der Waals surface area contributed by atoms with Crippen molar-refractivity contribution in [1.82, 2.24) is 45.5 Å². The lowest BCUT2D eigenvalue weighted by molar-refractivity contribution is -0.141. The van der Waals surface area contributed by atoms with E-state index in [1.54, 1.807) is 34.6 Å². The lowest BCUT2D eigenvalue weighted by atomic mass is 9.79. The van der Waals surface area contributed by atoms with Gasteiger partial charge in [0, 0.05) is 81.6 Å². The van der Waals surface area contributed by atoms with Crippen molar-refractivity contribution < 1.29 is 33.5 Å². The second kappa shape index (κ2) is 22.2. The number of benzene rings is 2. The zero-order chi connectivity index (χ0) is 54.6. The second-order valence-corrected chi connectivity index (χ2v) is 24.1. The maximum absolute atomic E-state index is 17.1. The zero-order valence-electron chi connectivity index (χ0n) is 45.8. The van der Waals surface area contributed by atoms with Crippen LogP contribution >= 0.6 is 11.3 Å². The van der Waals surface area contributed by atoms with Crippen molar-refractivity contribution in [3.8, 4) is 23.0 Å². The van der Waals surface area contributed by atoms with Crippen LogP contribution in [0.15, 0.2) is 70.4 Å². The number of piperidine rings is 1. The Balaban J connectivity index is 0.655. The molecule has 2 amide bonds. The van der Waals surface area contributed by atoms with E-state index >= 15 is 4.39 Å². The number of rotatable bonds is 16. The first-order valence-corrected chi connectivity index (χ1v) is 29.4. The predicted octanol–water partition coefficient (Wildman–Crippen LogP) is 8.18. The van der Waals surface area contributed by atoms with E-state index < -0.39 is 23.9 Å². The number of piperazine rings is 1. The first kappa shape index (κ1) is 53.1. The van der Waals surface area contributed by atoms with E-state index in [2.05, 4.69) is 54.5 Å². The molecule has 19 heteroatoms. The van der Waals surface area contributed by atoms with E-state index in [0.29, 0.717) is 65.4 Å². The summed E-state index contributed by atoms with van der Waals surface area (Å²) in [7, 11) is 0. The van der Waals surface area contributed by atoms with Gasteiger partial charge in [-0.2, -0.15) is 9.97 Å². The first-order chi connectivity index (χ1) is 38.3. The summed E-state index contributed by atoms with van der Waals surface area (Å²) < 4.78 is 29.4. The monoisotopic (exact) mass is 1090 g/mol. The molecule has 0 radical (unpaired) electrons. The number of aryl methyl sites for hydroxylation is 2. The average Bonchev–Trinajstić information content (AvgIpc) is 4.27. The van der Waals surface area contributed by atoms with Crippen molar-refractivity contribution in [3.63, 3.8) is 0 Å². The number of likely N-dealkylation sites (tertiary alicyclic amines) is 2. The average molecular weight is 1090 g/mol. The maximum atomic E-state index is 17.1. The molecule has 2 aromatic carbocycles. The van der Waals surface area contributed by atoms with E-state index in [-0.39, 0.29) is 59.7 Å². The number of carbonyl (C=O) groups excluding carboxylic acids is 2. The number of aromatic nitrogens is 5. The molecule has 17 nitrogen and oxygen atoms in total. The van der Waals surface area contributed by atoms with Crippen LogP contribution in [0.2, 0.25) is 0 Å². The Hall–Kier alpha value is -6.54. The summed E-state index contributed by atoms with van der Waals surface area (Å²) in [6.45, 7) is 16.2. The van der Waals surface area contributed by atoms with Gasteiger partial charge in [0.15, 0.2) is 17.4 Å². The lowest BCUT2D eigenvalue weighted by Crippen LogP contribution is -2.52. The van der Waals surface area contributed by atoms with Gasteiger partial charge in [0.05, 0.1) is 27.6 Å². The third-order valence-corrected chi connectivity index (χ3v) is 18.8. The van der Waals surface area contributed by atoms with Crippen molar-refractivity contribution in [1.29, 1.82) is 0 Å². The van der Waals surface area contributed by atoms with Crippen LogP contribution in [0.3, 0.4) is 0 Å². The van der Waals surface area contributed by atoms with Gasteiger partial charge in [-0.05, 0) is 129 Å². The van der Waals surface area contributed by atoms with Gasteiger partial charge in [-0.25, -0.2) is 9.37 Å². The summed E-state index contributed by atoms with van der Waals surface area (Å²) in [6, 6.07) is 10.9. The molecule has 0 saturated carbocycles. The van der Waals surface area contributed by atoms with Crippen LogP contribution in [0.1, 0.15) is 100 Å². The number of nitrogens with zero attached hydrogens (tertiary/aromatic N) is 9. The number of phenolic OH excluding ortho intramolecular Hbond substituents is 1. The van der Waals surface area contributed by atoms with Crippen LogP contribution in [0.25, 0.3) is 38.5 Å². The number of allylic oxidation sites excluding steroid dienone is 3. The number of aliphatic hydroxyl groups is 1. The van der Waals surface area contributed by atoms with Gasteiger partial charge in [-0.1, -0.05) is 56.3 Å². The number of anilines is 2. The molecule has 9 heterocycles. The summed E-state index contributed by atoms with van der Waals surface area (Å²) in [4.78, 5) is 56.7. The minimum atomic E-state index is -0.806. The Kier molecular flexibility index (Phi) is 14.9. The molecule has 2 bridgehead atoms. The number of halogens is 1. The number of amides is 2. The normalized spacial score (nSPS) is 22.9. The Bertz CT molecular complexity index is 3320. The van der Waals surface area contributed by atoms with Gasteiger partial charge < -0.3 is 44.8 Å². The molecule has 5 aliphatic heterocycles. The minimum absolute atomic E-state index is 0.0418. The van der Waals surface area contributed by atoms with E-state index in [0.717, 1.165) is 112 Å². The van der Waals surface area contributed by atoms with E-state index in [9.17, 15) is 19.8 Å². The zero-order valence-corrected chi connectivity index (χ0v) is 46.6. The molecule has 4 aromatic heterocycles. The Morgan fingerprint density at radius 3 is 2.48 bits per heavy atom. The van der Waals surface area contributed by atoms with E-state index in [1.165, 1.54) is 10.5 Å². The van der Waals surface area contributed by atoms with Gasteiger partial charge in [-0.3, -0.25) is 19.5 Å². The number of phenols is 1. The summed E-state index contributed by atoms with van der Waals surface area (Å²) in [6.07, 6.45) is 12.0. The third kappa shape index (κ3) is 10.6. The van der Waals surface area contributed by atoms with Gasteiger partial charge in [0.2, 0.25) is 11.8 Å². The number of ether oxygens (including phenoxy) is 1. The second-order valence-electron chi connectivity index (χ2n) is 23.2. The standard InChI is InChI=1S/C60H72FN11O6S/c1-6-36-8-7-9-40-22-44(73)23-46(52(36)40)54-53(61)55-47(26-62-54)57(71-29-42-14-15-43(30-71)65-42)67-60(66-55)77-21-20-69-18-16-38(17-19-69)41-27-70(28-41)50-25-49(78-68-50)51(33(2)3)59(76)72-31-45(74)24-48(72)58(75)64-34(4)37-10-12-39(13-11-37)56-35(5)63-32-79-56/h7-10,12,22-23,25-26,32-34,38,41-43,45,48,51,65,73-74H,6,11,13-21,24,27-31H2,1-5H3,(H,64,75)/t34-,42?,43?,45+,48-,51-/m0/s1. The van der Waals surface area contributed by atoms with Crippen molar-refractivity contribution in [2.75, 3.05) is 68.8 Å². The predicted molar refractivity (Wildman–Crippen MR) is 304 cm³/mol. The Labute approximate surface area is 464 Å². The number of pyridine rings is 1. The van der Waals surface area contributed by atoms with Gasteiger partial charge >= 0.3 is 6.01 Å². The van der Waals surface area contributed by atoms with Crippen LogP contribution in [0.4, 0.5) is 16.0 Å². The van der Waals surface area contributed by atoms with Crippen molar-refractivity contribution in [2.24, 2.45) is 17.8 Å². The van der Waals surface area contributed by atoms with Crippen LogP contribution in [-0.4, -0.2) is 146 Å². The number of aliphatic hydroxyl groups excluding tert-OH is 1. The largest absolute Gasteiger partial charge is 0.508 e. The highest BCUT2D eigenvalue weighted by molar-refractivity contribution is 7.10. The highest BCUT2D eigenvalue weighted by atomic mass is 32.1. The Morgan fingerprint density at radius 1 is 0.962 bits per heavy atom. The van der Waals surface area contributed by atoms with Gasteiger partial charge in [0.1, 0.15) is 41.3 Å². The summed E-state index contributed by atoms with van der Waals surface area (Å²) >= 11 is 1.64. The number of thiazole rings is 1. The number of aromatic hydroxyl groups is 1. The number of carbonyl (C=O) groups is 2. The SMILES string of the molecule is CCc1cccc2cc(O)cc(-c3ncc4c(N5CC6CCC(C5)N6)nc(OCCN5CCC(C6CN(c7cc([C@@H](C(=O)N8C[C@H](O)C[C@H]8C(=O)N[C@@H](C)C8=CC=C(c9scnc9C)CC8)C(C)C)on7)C6)CC5)nc4c3F)c12. The van der Waals surface area contributed by atoms with Crippen LogP contribution < -0.4 is 25.2 Å². The molecule has 4 N–H and O–H groups in total. The van der Waals surface area contributed by atoms with E-state index in [4.69, 9.17) is 24.2 Å². The highest BCUT2D eigenvalue weighted by Gasteiger charge is 2.45. The smallest absolute Gasteiger partial charge is 0.319 e. The third-order valence-electron chi connectivity index (χ3n) is 17.8. The minimum Gasteiger partial charge on any atom is -0.508 e. The molecule has 12 rings (SSSR count).